The molecule has 0 saturated heterocycles. The lowest BCUT2D eigenvalue weighted by molar-refractivity contribution is 0.351. The first-order valence-electron chi connectivity index (χ1n) is 7.11. The highest BCUT2D eigenvalue weighted by Crippen LogP contribution is 2.27. The summed E-state index contributed by atoms with van der Waals surface area (Å²) in [5, 5.41) is 6.43. The molecule has 2 aliphatic heterocycles. The Morgan fingerprint density at radius 2 is 2.17 bits per heavy atom. The summed E-state index contributed by atoms with van der Waals surface area (Å²) in [6, 6.07) is 4.22. The first kappa shape index (κ1) is 14.3. The van der Waals surface area contributed by atoms with E-state index < -0.39 is 11.6 Å². The zero-order valence-corrected chi connectivity index (χ0v) is 12.6. The summed E-state index contributed by atoms with van der Waals surface area (Å²) in [5.74, 6) is -0.531. The summed E-state index contributed by atoms with van der Waals surface area (Å²) in [4.78, 5) is 8.31. The lowest BCUT2D eigenvalue weighted by atomic mass is 10.0. The SMILES string of the molecule is Fc1cc2ncccc2c(F)c1CC1CN=C2C=CC(Cl)=NN21. The fraction of sp³-hybridized carbons (Fsp3) is 0.188. The minimum absolute atomic E-state index is 0.0211. The Kier molecular flexibility index (Phi) is 3.34. The molecule has 1 aromatic carbocycles. The minimum atomic E-state index is -0.607. The van der Waals surface area contributed by atoms with E-state index in [0.717, 1.165) is 0 Å². The van der Waals surface area contributed by atoms with Gasteiger partial charge in [-0.05, 0) is 24.3 Å². The Labute approximate surface area is 135 Å². The summed E-state index contributed by atoms with van der Waals surface area (Å²) >= 11 is 5.90. The third-order valence-electron chi connectivity index (χ3n) is 3.95. The number of amidine groups is 1. The van der Waals surface area contributed by atoms with Gasteiger partial charge in [0.2, 0.25) is 0 Å². The van der Waals surface area contributed by atoms with Crippen molar-refractivity contribution >= 4 is 33.5 Å². The number of benzene rings is 1. The van der Waals surface area contributed by atoms with Crippen LogP contribution in [0.4, 0.5) is 8.78 Å². The van der Waals surface area contributed by atoms with E-state index in [1.54, 1.807) is 29.3 Å². The van der Waals surface area contributed by atoms with Gasteiger partial charge in [0, 0.05) is 29.6 Å². The van der Waals surface area contributed by atoms with E-state index in [2.05, 4.69) is 15.1 Å². The lowest BCUT2D eigenvalue weighted by Gasteiger charge is -2.24. The van der Waals surface area contributed by atoms with Gasteiger partial charge in [-0.25, -0.2) is 13.8 Å². The molecular formula is C16H11ClF2N4. The molecule has 23 heavy (non-hydrogen) atoms. The summed E-state index contributed by atoms with van der Waals surface area (Å²) in [7, 11) is 0. The maximum Gasteiger partial charge on any atom is 0.149 e. The number of pyridine rings is 1. The van der Waals surface area contributed by atoms with Crippen molar-refractivity contribution in [3.05, 3.63) is 53.7 Å². The smallest absolute Gasteiger partial charge is 0.149 e. The van der Waals surface area contributed by atoms with Crippen molar-refractivity contribution in [2.24, 2.45) is 10.1 Å². The van der Waals surface area contributed by atoms with Gasteiger partial charge in [-0.2, -0.15) is 5.10 Å². The largest absolute Gasteiger partial charge is 0.265 e. The molecule has 0 N–H and O–H groups in total. The third-order valence-corrected chi connectivity index (χ3v) is 4.15. The fourth-order valence-electron chi connectivity index (χ4n) is 2.84. The number of aliphatic imine (C=N–C) groups is 1. The molecule has 4 nitrogen and oxygen atoms in total. The van der Waals surface area contributed by atoms with Crippen LogP contribution in [0.15, 0.2) is 46.6 Å². The average molecular weight is 333 g/mol. The topological polar surface area (TPSA) is 40.9 Å². The molecule has 1 unspecified atom stereocenters. The fourth-order valence-corrected chi connectivity index (χ4v) is 2.99. The number of allylic oxidation sites excluding steroid dienone is 1. The van der Waals surface area contributed by atoms with Crippen LogP contribution in [0.5, 0.6) is 0 Å². The molecule has 3 heterocycles. The lowest BCUT2D eigenvalue weighted by Crippen LogP contribution is -2.35. The van der Waals surface area contributed by atoms with Crippen LogP contribution in [-0.4, -0.2) is 33.6 Å². The maximum atomic E-state index is 14.7. The summed E-state index contributed by atoms with van der Waals surface area (Å²) in [6.45, 7) is 0.414. The first-order valence-corrected chi connectivity index (χ1v) is 7.49. The van der Waals surface area contributed by atoms with E-state index in [-0.39, 0.29) is 18.0 Å². The van der Waals surface area contributed by atoms with Gasteiger partial charge in [-0.3, -0.25) is 9.98 Å². The second kappa shape index (κ2) is 5.38. The Morgan fingerprint density at radius 3 is 3.04 bits per heavy atom. The number of hydrogen-bond donors (Lipinski definition) is 0. The molecule has 0 amide bonds. The van der Waals surface area contributed by atoms with Gasteiger partial charge in [-0.15, -0.1) is 0 Å². The van der Waals surface area contributed by atoms with Gasteiger partial charge in [0.05, 0.1) is 18.1 Å². The molecule has 7 heteroatoms. The Bertz CT molecular complexity index is 891. The second-order valence-electron chi connectivity index (χ2n) is 5.38. The summed E-state index contributed by atoms with van der Waals surface area (Å²) in [6.07, 6.45) is 5.04. The second-order valence-corrected chi connectivity index (χ2v) is 5.77. The molecule has 0 spiro atoms. The Hall–Kier alpha value is -2.34. The van der Waals surface area contributed by atoms with Crippen LogP contribution in [-0.2, 0) is 6.42 Å². The molecule has 0 bridgehead atoms. The molecule has 0 fully saturated rings. The van der Waals surface area contributed by atoms with Crippen LogP contribution >= 0.6 is 11.6 Å². The maximum absolute atomic E-state index is 14.7. The van der Waals surface area contributed by atoms with Crippen molar-refractivity contribution in [3.63, 3.8) is 0 Å². The van der Waals surface area contributed by atoms with Gasteiger partial charge < -0.3 is 0 Å². The van der Waals surface area contributed by atoms with Crippen molar-refractivity contribution in [2.75, 3.05) is 6.54 Å². The highest BCUT2D eigenvalue weighted by atomic mass is 35.5. The quantitative estimate of drug-likeness (QED) is 0.847. The number of hydrazone groups is 1. The van der Waals surface area contributed by atoms with Crippen LogP contribution in [0, 0.1) is 11.6 Å². The highest BCUT2D eigenvalue weighted by molar-refractivity contribution is 6.68. The predicted octanol–water partition coefficient (Wildman–Crippen LogP) is 3.26. The predicted molar refractivity (Wildman–Crippen MR) is 85.7 cm³/mol. The Morgan fingerprint density at radius 1 is 1.30 bits per heavy atom. The van der Waals surface area contributed by atoms with E-state index in [9.17, 15) is 8.78 Å². The summed E-state index contributed by atoms with van der Waals surface area (Å²) < 4.78 is 29.0. The third kappa shape index (κ3) is 2.39. The highest BCUT2D eigenvalue weighted by Gasteiger charge is 2.30. The molecule has 0 radical (unpaired) electrons. The van der Waals surface area contributed by atoms with Gasteiger partial charge in [0.15, 0.2) is 0 Å². The van der Waals surface area contributed by atoms with E-state index in [0.29, 0.717) is 28.5 Å². The molecule has 0 saturated carbocycles. The molecular weight excluding hydrogens is 322 g/mol. The van der Waals surface area contributed by atoms with E-state index in [1.807, 2.05) is 0 Å². The van der Waals surface area contributed by atoms with Crippen molar-refractivity contribution in [3.8, 4) is 0 Å². The van der Waals surface area contributed by atoms with Crippen molar-refractivity contribution in [1.29, 1.82) is 0 Å². The number of hydrogen-bond acceptors (Lipinski definition) is 4. The van der Waals surface area contributed by atoms with Crippen molar-refractivity contribution < 1.29 is 8.78 Å². The molecule has 4 rings (SSSR count). The van der Waals surface area contributed by atoms with Gasteiger partial charge >= 0.3 is 0 Å². The summed E-state index contributed by atoms with van der Waals surface area (Å²) in [5.41, 5.74) is 0.324. The van der Waals surface area contributed by atoms with Crippen LogP contribution in [0.25, 0.3) is 10.9 Å². The molecule has 116 valence electrons. The number of rotatable bonds is 2. The van der Waals surface area contributed by atoms with Crippen LogP contribution in [0.3, 0.4) is 0 Å². The number of aromatic nitrogens is 1. The van der Waals surface area contributed by atoms with Crippen LogP contribution < -0.4 is 0 Å². The molecule has 0 aliphatic carbocycles. The standard InChI is InChI=1S/C16H11ClF2N4/c17-14-3-4-15-21-8-9(23(15)22-14)6-11-12(18)7-13-10(16(11)19)2-1-5-20-13/h1-5,7,9H,6,8H2. The van der Waals surface area contributed by atoms with E-state index in [1.165, 1.54) is 12.3 Å². The molecule has 2 aliphatic rings. The van der Waals surface area contributed by atoms with Crippen molar-refractivity contribution in [1.82, 2.24) is 9.99 Å². The first-order chi connectivity index (χ1) is 11.1. The van der Waals surface area contributed by atoms with E-state index >= 15 is 0 Å². The average Bonchev–Trinajstić information content (AvgIpc) is 2.93. The normalized spacial score (nSPS) is 19.8. The van der Waals surface area contributed by atoms with Crippen LogP contribution in [0.2, 0.25) is 0 Å². The van der Waals surface area contributed by atoms with Crippen molar-refractivity contribution in [2.45, 2.75) is 12.5 Å². The zero-order valence-electron chi connectivity index (χ0n) is 11.9. The zero-order chi connectivity index (χ0) is 16.0. The van der Waals surface area contributed by atoms with Gasteiger partial charge in [-0.1, -0.05) is 11.6 Å². The minimum Gasteiger partial charge on any atom is -0.265 e. The monoisotopic (exact) mass is 332 g/mol. The Balaban J connectivity index is 1.70. The molecule has 1 aromatic heterocycles. The van der Waals surface area contributed by atoms with E-state index in [4.69, 9.17) is 11.6 Å². The number of fused-ring (bicyclic) bond motifs is 2. The van der Waals surface area contributed by atoms with Crippen LogP contribution in [0.1, 0.15) is 5.56 Å². The van der Waals surface area contributed by atoms with Gasteiger partial charge in [0.1, 0.15) is 22.6 Å². The molecule has 2 aromatic rings. The number of nitrogens with zero attached hydrogens (tertiary/aromatic N) is 4. The van der Waals surface area contributed by atoms with Gasteiger partial charge in [0.25, 0.3) is 0 Å². The number of halogens is 3. The molecule has 1 atom stereocenters.